The summed E-state index contributed by atoms with van der Waals surface area (Å²) in [5.74, 6) is 0.151. The van der Waals surface area contributed by atoms with Crippen molar-refractivity contribution < 1.29 is 9.90 Å². The van der Waals surface area contributed by atoms with Crippen molar-refractivity contribution in [3.63, 3.8) is 0 Å². The van der Waals surface area contributed by atoms with Gasteiger partial charge < -0.3 is 10.4 Å². The van der Waals surface area contributed by atoms with Gasteiger partial charge in [-0.3, -0.25) is 4.79 Å². The van der Waals surface area contributed by atoms with Crippen molar-refractivity contribution in [3.8, 4) is 0 Å². The Kier molecular flexibility index (Phi) is 3.93. The predicted molar refractivity (Wildman–Crippen MR) is 71.6 cm³/mol. The van der Waals surface area contributed by atoms with Crippen molar-refractivity contribution in [1.82, 2.24) is 5.32 Å². The van der Waals surface area contributed by atoms with Crippen molar-refractivity contribution >= 4 is 17.5 Å². The van der Waals surface area contributed by atoms with Gasteiger partial charge in [-0.1, -0.05) is 30.3 Å². The van der Waals surface area contributed by atoms with Crippen molar-refractivity contribution in [2.24, 2.45) is 5.41 Å². The van der Waals surface area contributed by atoms with Gasteiger partial charge in [-0.25, -0.2) is 0 Å². The second-order valence-corrected chi connectivity index (χ2v) is 5.68. The van der Waals surface area contributed by atoms with Crippen LogP contribution in [0.15, 0.2) is 30.3 Å². The SMILES string of the molecule is CC(Cl)C(=O)NCC1(CO)CC1c1ccccc1. The number of benzene rings is 1. The topological polar surface area (TPSA) is 49.3 Å². The fraction of sp³-hybridized carbons (Fsp3) is 0.500. The Bertz CT molecular complexity index is 421. The van der Waals surface area contributed by atoms with Gasteiger partial charge in [0.2, 0.25) is 5.91 Å². The van der Waals surface area contributed by atoms with Crippen LogP contribution in [-0.4, -0.2) is 29.5 Å². The first kappa shape index (κ1) is 13.4. The quantitative estimate of drug-likeness (QED) is 0.801. The molecule has 3 nitrogen and oxygen atoms in total. The normalized spacial score (nSPS) is 27.6. The van der Waals surface area contributed by atoms with Crippen LogP contribution >= 0.6 is 11.6 Å². The van der Waals surface area contributed by atoms with Crippen LogP contribution in [0.3, 0.4) is 0 Å². The summed E-state index contributed by atoms with van der Waals surface area (Å²) in [7, 11) is 0. The van der Waals surface area contributed by atoms with Crippen molar-refractivity contribution in [2.45, 2.75) is 24.6 Å². The lowest BCUT2D eigenvalue weighted by atomic mass is 10.00. The number of halogens is 1. The Morgan fingerprint density at radius 2 is 2.22 bits per heavy atom. The van der Waals surface area contributed by atoms with Crippen LogP contribution in [0.1, 0.15) is 24.8 Å². The Morgan fingerprint density at radius 1 is 1.56 bits per heavy atom. The maximum Gasteiger partial charge on any atom is 0.237 e. The average molecular weight is 268 g/mol. The highest BCUT2D eigenvalue weighted by molar-refractivity contribution is 6.30. The van der Waals surface area contributed by atoms with Gasteiger partial charge in [0.15, 0.2) is 0 Å². The molecule has 1 aromatic rings. The maximum absolute atomic E-state index is 11.5. The minimum atomic E-state index is -0.533. The molecule has 0 heterocycles. The average Bonchev–Trinajstić information content (AvgIpc) is 3.12. The molecular formula is C14H18ClNO2. The van der Waals surface area contributed by atoms with Crippen LogP contribution in [-0.2, 0) is 4.79 Å². The summed E-state index contributed by atoms with van der Waals surface area (Å²) in [5.41, 5.74) is 1.02. The molecule has 1 aliphatic rings. The smallest absolute Gasteiger partial charge is 0.237 e. The van der Waals surface area contributed by atoms with Crippen LogP contribution in [0, 0.1) is 5.41 Å². The molecule has 3 atom stereocenters. The van der Waals surface area contributed by atoms with Gasteiger partial charge in [0.05, 0.1) is 6.61 Å². The molecule has 1 aliphatic carbocycles. The minimum absolute atomic E-state index is 0.0868. The van der Waals surface area contributed by atoms with Gasteiger partial charge in [-0.15, -0.1) is 11.6 Å². The van der Waals surface area contributed by atoms with E-state index in [2.05, 4.69) is 17.4 Å². The molecule has 4 heteroatoms. The van der Waals surface area contributed by atoms with E-state index in [0.717, 1.165) is 6.42 Å². The predicted octanol–water partition coefficient (Wildman–Crippen LogP) is 1.90. The van der Waals surface area contributed by atoms with Crippen molar-refractivity contribution in [1.29, 1.82) is 0 Å². The third-order valence-electron chi connectivity index (χ3n) is 3.68. The molecule has 0 aromatic heterocycles. The van der Waals surface area contributed by atoms with Crippen LogP contribution in [0.25, 0.3) is 0 Å². The van der Waals surface area contributed by atoms with Crippen LogP contribution in [0.2, 0.25) is 0 Å². The standard InChI is InChI=1S/C14H18ClNO2/c1-10(15)13(18)16-8-14(9-17)7-12(14)11-5-3-2-4-6-11/h2-6,10,12,17H,7-9H2,1H3,(H,16,18). The molecule has 98 valence electrons. The lowest BCUT2D eigenvalue weighted by Gasteiger charge is -2.16. The van der Waals surface area contributed by atoms with Gasteiger partial charge >= 0.3 is 0 Å². The van der Waals surface area contributed by atoms with E-state index in [9.17, 15) is 9.90 Å². The highest BCUT2D eigenvalue weighted by Gasteiger charge is 2.54. The summed E-state index contributed by atoms with van der Waals surface area (Å²) in [6.45, 7) is 2.21. The molecule has 0 saturated heterocycles. The Hall–Kier alpha value is -1.06. The van der Waals surface area contributed by atoms with Crippen molar-refractivity contribution in [3.05, 3.63) is 35.9 Å². The van der Waals surface area contributed by atoms with E-state index in [4.69, 9.17) is 11.6 Å². The maximum atomic E-state index is 11.5. The van der Waals surface area contributed by atoms with E-state index in [1.54, 1.807) is 6.92 Å². The number of hydrogen-bond acceptors (Lipinski definition) is 2. The number of nitrogens with one attached hydrogen (secondary N) is 1. The van der Waals surface area contributed by atoms with Gasteiger partial charge in [-0.2, -0.15) is 0 Å². The minimum Gasteiger partial charge on any atom is -0.396 e. The molecular weight excluding hydrogens is 250 g/mol. The molecule has 0 spiro atoms. The number of aliphatic hydroxyl groups excluding tert-OH is 1. The van der Waals surface area contributed by atoms with Crippen LogP contribution < -0.4 is 5.32 Å². The molecule has 18 heavy (non-hydrogen) atoms. The van der Waals surface area contributed by atoms with E-state index in [1.165, 1.54) is 5.56 Å². The molecule has 2 rings (SSSR count). The summed E-state index contributed by atoms with van der Waals surface area (Å²) in [5, 5.41) is 11.8. The molecule has 0 radical (unpaired) electrons. The molecule has 1 amide bonds. The first-order valence-corrected chi connectivity index (χ1v) is 6.60. The molecule has 0 bridgehead atoms. The zero-order valence-electron chi connectivity index (χ0n) is 10.4. The van der Waals surface area contributed by atoms with Gasteiger partial charge in [0.1, 0.15) is 5.38 Å². The summed E-state index contributed by atoms with van der Waals surface area (Å²) < 4.78 is 0. The lowest BCUT2D eigenvalue weighted by molar-refractivity contribution is -0.120. The number of carbonyl (C=O) groups is 1. The number of aliphatic hydroxyl groups is 1. The molecule has 1 fully saturated rings. The third-order valence-corrected chi connectivity index (χ3v) is 3.88. The molecule has 3 unspecified atom stereocenters. The lowest BCUT2D eigenvalue weighted by Crippen LogP contribution is -2.36. The van der Waals surface area contributed by atoms with E-state index in [0.29, 0.717) is 12.5 Å². The molecule has 1 saturated carbocycles. The third kappa shape index (κ3) is 2.68. The molecule has 2 N–H and O–H groups in total. The van der Waals surface area contributed by atoms with E-state index >= 15 is 0 Å². The van der Waals surface area contributed by atoms with Crippen LogP contribution in [0.4, 0.5) is 0 Å². The zero-order valence-corrected chi connectivity index (χ0v) is 11.2. The van der Waals surface area contributed by atoms with Gasteiger partial charge in [0, 0.05) is 12.0 Å². The summed E-state index contributed by atoms with van der Waals surface area (Å²) >= 11 is 5.70. The van der Waals surface area contributed by atoms with Crippen molar-refractivity contribution in [2.75, 3.05) is 13.2 Å². The van der Waals surface area contributed by atoms with Crippen LogP contribution in [0.5, 0.6) is 0 Å². The molecule has 1 aromatic carbocycles. The second kappa shape index (κ2) is 5.29. The van der Waals surface area contributed by atoms with E-state index < -0.39 is 5.38 Å². The Balaban J connectivity index is 1.97. The second-order valence-electron chi connectivity index (χ2n) is 5.02. The highest BCUT2D eigenvalue weighted by atomic mass is 35.5. The highest BCUT2D eigenvalue weighted by Crippen LogP contribution is 2.58. The van der Waals surface area contributed by atoms with E-state index in [1.807, 2.05) is 18.2 Å². The number of carbonyl (C=O) groups excluding carboxylic acids is 1. The summed E-state index contributed by atoms with van der Waals surface area (Å²) in [6.07, 6.45) is 0.907. The number of amides is 1. The number of alkyl halides is 1. The monoisotopic (exact) mass is 267 g/mol. The summed E-state index contributed by atoms with van der Waals surface area (Å²) in [6, 6.07) is 10.1. The fourth-order valence-electron chi connectivity index (χ4n) is 2.33. The Labute approximate surface area is 112 Å². The van der Waals surface area contributed by atoms with Gasteiger partial charge in [0.25, 0.3) is 0 Å². The van der Waals surface area contributed by atoms with Gasteiger partial charge in [-0.05, 0) is 24.8 Å². The Morgan fingerprint density at radius 3 is 2.78 bits per heavy atom. The molecule has 0 aliphatic heterocycles. The fourth-order valence-corrected chi connectivity index (χ4v) is 2.41. The first-order chi connectivity index (χ1) is 8.59. The zero-order chi connectivity index (χ0) is 13.2. The number of rotatable bonds is 5. The summed E-state index contributed by atoms with van der Waals surface area (Å²) in [4.78, 5) is 11.5. The largest absolute Gasteiger partial charge is 0.396 e. The number of hydrogen-bond donors (Lipinski definition) is 2. The first-order valence-electron chi connectivity index (χ1n) is 6.17. The van der Waals surface area contributed by atoms with E-state index in [-0.39, 0.29) is 17.9 Å².